The summed E-state index contributed by atoms with van der Waals surface area (Å²) in [6, 6.07) is 0. The fourth-order valence-corrected chi connectivity index (χ4v) is 8.59. The Labute approximate surface area is 533 Å². The van der Waals surface area contributed by atoms with Crippen LogP contribution in [0.25, 0.3) is 0 Å². The molecule has 14 nitrogen and oxygen atoms in total. The van der Waals surface area contributed by atoms with Gasteiger partial charge in [0.1, 0.15) is 0 Å². The third kappa shape index (κ3) is 140. The van der Waals surface area contributed by atoms with Crippen molar-refractivity contribution in [2.24, 2.45) is 0 Å². The molecule has 0 aliphatic carbocycles. The van der Waals surface area contributed by atoms with Gasteiger partial charge in [-0.15, -0.1) is 0 Å². The molecule has 0 saturated heterocycles. The number of carboxylic acids is 7. The van der Waals surface area contributed by atoms with Crippen LogP contribution in [-0.4, -0.2) is 41.8 Å². The van der Waals surface area contributed by atoms with Crippen LogP contribution in [0.4, 0.5) is 0 Å². The average Bonchev–Trinajstić information content (AvgIpc) is 3.44. The van der Waals surface area contributed by atoms with E-state index < -0.39 is 41.8 Å². The largest absolute Gasteiger partial charge is 7.00 e. The number of rotatable bonds is 56. The van der Waals surface area contributed by atoms with Crippen molar-refractivity contribution in [3.63, 3.8) is 0 Å². The number of hydrogen-bond acceptors (Lipinski definition) is 14. The molecule has 0 aromatic heterocycles. The molecule has 0 aliphatic rings. The molecule has 0 aromatic rings. The van der Waals surface area contributed by atoms with Gasteiger partial charge in [-0.1, -0.05) is 318 Å². The molecular formula is C70H133MnO14. The van der Waals surface area contributed by atoms with E-state index in [1.807, 2.05) is 0 Å². The molecule has 0 saturated carbocycles. The summed E-state index contributed by atoms with van der Waals surface area (Å²) in [4.78, 5) is 70.2. The average molecular weight is 1250 g/mol. The molecular weight excluding hydrogens is 1120 g/mol. The van der Waals surface area contributed by atoms with E-state index in [0.29, 0.717) is 0 Å². The minimum atomic E-state index is -0.913. The van der Waals surface area contributed by atoms with Crippen molar-refractivity contribution >= 4 is 41.8 Å². The zero-order valence-electron chi connectivity index (χ0n) is 56.2. The number of carbonyl (C=O) groups is 7. The molecule has 0 bridgehead atoms. The molecule has 504 valence electrons. The van der Waals surface area contributed by atoms with Crippen molar-refractivity contribution in [1.82, 2.24) is 0 Å². The van der Waals surface area contributed by atoms with Crippen LogP contribution in [0.15, 0.2) is 0 Å². The van der Waals surface area contributed by atoms with Crippen molar-refractivity contribution in [3.05, 3.63) is 0 Å². The first kappa shape index (κ1) is 98.1. The van der Waals surface area contributed by atoms with Gasteiger partial charge in [-0.05, 0) is 89.9 Å². The number of hydrogen-bond donors (Lipinski definition) is 0. The van der Waals surface area contributed by atoms with Gasteiger partial charge in [-0.3, -0.25) is 0 Å². The molecule has 0 aliphatic heterocycles. The first-order chi connectivity index (χ1) is 40.4. The first-order valence-electron chi connectivity index (χ1n) is 34.8. The number of carboxylic acid groups (broad SMARTS) is 7. The molecule has 15 heteroatoms. The second kappa shape index (κ2) is 94.5. The van der Waals surface area contributed by atoms with Gasteiger partial charge in [0.2, 0.25) is 0 Å². The van der Waals surface area contributed by atoms with E-state index in [2.05, 4.69) is 48.5 Å². The summed E-state index contributed by atoms with van der Waals surface area (Å²) in [5, 5.41) is 70.2. The van der Waals surface area contributed by atoms with Crippen LogP contribution in [0.5, 0.6) is 0 Å². The molecule has 0 unspecified atom stereocenters. The quantitative estimate of drug-likeness (QED) is 0.0404. The summed E-state index contributed by atoms with van der Waals surface area (Å²) in [6.45, 7) is 15.3. The molecule has 0 atom stereocenters. The standard InChI is InChI=1S/7C10H20O2.Mn/c7*1-2-3-4-5-6-7-8-9-10(11)12;/h7*2-9H2,1H3,(H,11,12);/q;;;;;;;+7/p-7. The summed E-state index contributed by atoms with van der Waals surface area (Å²) in [6.07, 6.45) is 58.4. The van der Waals surface area contributed by atoms with Gasteiger partial charge >= 0.3 is 17.1 Å². The van der Waals surface area contributed by atoms with Crippen LogP contribution in [-0.2, 0) is 50.6 Å². The Morgan fingerprint density at radius 1 is 0.153 bits per heavy atom. The van der Waals surface area contributed by atoms with Gasteiger partial charge in [-0.25, -0.2) is 0 Å². The third-order valence-corrected chi connectivity index (χ3v) is 13.9. The van der Waals surface area contributed by atoms with Crippen molar-refractivity contribution < 1.29 is 86.4 Å². The van der Waals surface area contributed by atoms with Crippen molar-refractivity contribution in [3.8, 4) is 0 Å². The van der Waals surface area contributed by atoms with E-state index in [1.165, 1.54) is 225 Å². The van der Waals surface area contributed by atoms with Gasteiger partial charge in [0.25, 0.3) is 0 Å². The minimum Gasteiger partial charge on any atom is -0.550 e. The summed E-state index contributed by atoms with van der Waals surface area (Å²) >= 11 is 0. The van der Waals surface area contributed by atoms with Crippen LogP contribution < -0.4 is 35.7 Å². The van der Waals surface area contributed by atoms with Gasteiger partial charge in [-0.2, -0.15) is 0 Å². The monoisotopic (exact) mass is 1250 g/mol. The van der Waals surface area contributed by atoms with E-state index in [-0.39, 0.29) is 62.0 Å². The van der Waals surface area contributed by atoms with Crippen LogP contribution in [0, 0.1) is 0 Å². The number of unbranched alkanes of at least 4 members (excludes halogenated alkanes) is 42. The maximum absolute atomic E-state index is 10.0. The van der Waals surface area contributed by atoms with Crippen LogP contribution in [0.1, 0.15) is 408 Å². The second-order valence-corrected chi connectivity index (χ2v) is 22.7. The number of aliphatic carboxylic acids is 7. The van der Waals surface area contributed by atoms with Crippen molar-refractivity contribution in [2.45, 2.75) is 408 Å². The first-order valence-corrected chi connectivity index (χ1v) is 34.8. The Balaban J connectivity index is -0.000000135. The molecule has 0 N–H and O–H groups in total. The normalized spacial score (nSPS) is 9.96. The molecule has 0 amide bonds. The Hall–Kier alpha value is -3.19. The Morgan fingerprint density at radius 3 is 0.294 bits per heavy atom. The van der Waals surface area contributed by atoms with Gasteiger partial charge in [0.15, 0.2) is 0 Å². The SMILES string of the molecule is CCCCCCCCCC(=O)[O-].CCCCCCCCCC(=O)[O-].CCCCCCCCCC(=O)[O-].CCCCCCCCCC(=O)[O-].CCCCCCCCCC(=O)[O-].CCCCCCCCCC(=O)[O-].CCCCCCCCCC(=O)[O-].[Mn+7]. The number of carbonyl (C=O) groups excluding carboxylic acids is 7. The predicted molar refractivity (Wildman–Crippen MR) is 333 cm³/mol. The van der Waals surface area contributed by atoms with Gasteiger partial charge in [0, 0.05) is 41.8 Å². The Kier molecular flexibility index (Phi) is 109. The van der Waals surface area contributed by atoms with Gasteiger partial charge < -0.3 is 69.3 Å². The smallest absolute Gasteiger partial charge is 0.550 e. The van der Waals surface area contributed by atoms with Crippen molar-refractivity contribution in [1.29, 1.82) is 0 Å². The summed E-state index contributed by atoms with van der Waals surface area (Å²) < 4.78 is 0. The maximum Gasteiger partial charge on any atom is 7.00 e. The zero-order valence-corrected chi connectivity index (χ0v) is 57.4. The van der Waals surface area contributed by atoms with Crippen LogP contribution in [0.3, 0.4) is 0 Å². The molecule has 0 rings (SSSR count). The summed E-state index contributed by atoms with van der Waals surface area (Å²) in [5.41, 5.74) is 0. The summed E-state index contributed by atoms with van der Waals surface area (Å²) in [5.74, 6) is -6.39. The van der Waals surface area contributed by atoms with Crippen LogP contribution >= 0.6 is 0 Å². The molecule has 0 spiro atoms. The molecule has 0 radical (unpaired) electrons. The maximum atomic E-state index is 10.0. The van der Waals surface area contributed by atoms with Gasteiger partial charge in [0.05, 0.1) is 0 Å². The van der Waals surface area contributed by atoms with E-state index in [4.69, 9.17) is 0 Å². The Morgan fingerprint density at radius 2 is 0.224 bits per heavy atom. The van der Waals surface area contributed by atoms with E-state index in [9.17, 15) is 69.3 Å². The fourth-order valence-electron chi connectivity index (χ4n) is 8.59. The Bertz CT molecular complexity index is 1060. The van der Waals surface area contributed by atoms with E-state index in [1.54, 1.807) is 0 Å². The summed E-state index contributed by atoms with van der Waals surface area (Å²) in [7, 11) is 0. The third-order valence-electron chi connectivity index (χ3n) is 13.9. The van der Waals surface area contributed by atoms with Crippen molar-refractivity contribution in [2.75, 3.05) is 0 Å². The molecule has 0 fully saturated rings. The predicted octanol–water partition coefficient (Wildman–Crippen LogP) is 13.1. The van der Waals surface area contributed by atoms with E-state index in [0.717, 1.165) is 89.9 Å². The fraction of sp³-hybridized carbons (Fsp3) is 0.900. The molecule has 85 heavy (non-hydrogen) atoms. The van der Waals surface area contributed by atoms with E-state index >= 15 is 0 Å². The zero-order chi connectivity index (χ0) is 64.6. The minimum absolute atomic E-state index is 0. The second-order valence-electron chi connectivity index (χ2n) is 22.7. The topological polar surface area (TPSA) is 281 Å². The molecule has 0 heterocycles. The van der Waals surface area contributed by atoms with Crippen LogP contribution in [0.2, 0.25) is 0 Å². The molecule has 0 aromatic carbocycles.